The number of halogens is 1. The van der Waals surface area contributed by atoms with Crippen molar-refractivity contribution in [3.63, 3.8) is 0 Å². The lowest BCUT2D eigenvalue weighted by Crippen LogP contribution is -2.31. The summed E-state index contributed by atoms with van der Waals surface area (Å²) >= 11 is 5.95. The highest BCUT2D eigenvalue weighted by atomic mass is 35.5. The number of aromatic nitrogens is 2. The van der Waals surface area contributed by atoms with Crippen LogP contribution in [0.25, 0.3) is 0 Å². The Morgan fingerprint density at radius 1 is 1.64 bits per heavy atom. The summed E-state index contributed by atoms with van der Waals surface area (Å²) in [7, 11) is 0. The number of nitrogens with one attached hydrogen (secondary N) is 2. The number of rotatable bonds is 2. The summed E-state index contributed by atoms with van der Waals surface area (Å²) in [4.78, 5) is 17.7. The first-order chi connectivity index (χ1) is 6.77. The maximum Gasteiger partial charge on any atom is 0.290 e. The van der Waals surface area contributed by atoms with E-state index in [2.05, 4.69) is 15.3 Å². The highest BCUT2D eigenvalue weighted by molar-refractivity contribution is 6.21. The molecular weight excluding hydrogens is 206 g/mol. The van der Waals surface area contributed by atoms with E-state index in [0.29, 0.717) is 13.2 Å². The second-order valence-corrected chi connectivity index (χ2v) is 3.63. The topological polar surface area (TPSA) is 67.0 Å². The monoisotopic (exact) mass is 215 g/mol. The molecule has 2 rings (SSSR count). The van der Waals surface area contributed by atoms with Crippen LogP contribution in [0.4, 0.5) is 5.82 Å². The second kappa shape index (κ2) is 3.98. The molecule has 76 valence electrons. The molecule has 1 aromatic heterocycles. The number of ether oxygens (including phenoxy) is 1. The van der Waals surface area contributed by atoms with Crippen LogP contribution in [-0.4, -0.2) is 34.6 Å². The molecule has 0 spiro atoms. The molecule has 0 saturated carbocycles. The molecule has 0 aliphatic carbocycles. The Bertz CT molecular complexity index is 368. The van der Waals surface area contributed by atoms with Gasteiger partial charge in [-0.05, 0) is 0 Å². The molecule has 0 radical (unpaired) electrons. The molecule has 2 unspecified atom stereocenters. The Kier molecular flexibility index (Phi) is 2.69. The molecule has 2 heterocycles. The van der Waals surface area contributed by atoms with E-state index in [-0.39, 0.29) is 22.8 Å². The van der Waals surface area contributed by atoms with E-state index in [1.54, 1.807) is 0 Å². The number of H-pyrrole nitrogens is 1. The third kappa shape index (κ3) is 1.88. The number of nitrogens with zero attached hydrogens (tertiary/aromatic N) is 1. The Morgan fingerprint density at radius 2 is 2.50 bits per heavy atom. The molecule has 0 amide bonds. The van der Waals surface area contributed by atoms with E-state index in [4.69, 9.17) is 16.3 Å². The standard InChI is InChI=1S/C8H10ClN3O2/c9-5-3-14-4-6(5)12-7-8(13)11-2-1-10-7/h1-2,5-6H,3-4H2,(H,10,12)(H,11,13). The van der Waals surface area contributed by atoms with Crippen LogP contribution in [0.1, 0.15) is 0 Å². The van der Waals surface area contributed by atoms with E-state index < -0.39 is 0 Å². The third-order valence-electron chi connectivity index (χ3n) is 2.04. The second-order valence-electron chi connectivity index (χ2n) is 3.07. The largest absolute Gasteiger partial charge is 0.378 e. The van der Waals surface area contributed by atoms with Crippen LogP contribution in [0, 0.1) is 0 Å². The molecule has 1 aromatic rings. The van der Waals surface area contributed by atoms with Gasteiger partial charge in [-0.2, -0.15) is 0 Å². The van der Waals surface area contributed by atoms with Crippen LogP contribution in [-0.2, 0) is 4.74 Å². The molecule has 2 atom stereocenters. The van der Waals surface area contributed by atoms with Crippen LogP contribution in [0.5, 0.6) is 0 Å². The summed E-state index contributed by atoms with van der Waals surface area (Å²) in [6.07, 6.45) is 3.00. The molecule has 1 aliphatic rings. The van der Waals surface area contributed by atoms with Gasteiger partial charge in [0, 0.05) is 12.4 Å². The number of hydrogen-bond donors (Lipinski definition) is 2. The van der Waals surface area contributed by atoms with Crippen molar-refractivity contribution in [1.29, 1.82) is 0 Å². The van der Waals surface area contributed by atoms with Gasteiger partial charge in [0.1, 0.15) is 0 Å². The average molecular weight is 216 g/mol. The number of anilines is 1. The summed E-state index contributed by atoms with van der Waals surface area (Å²) in [6, 6.07) is -0.0485. The van der Waals surface area contributed by atoms with E-state index in [1.807, 2.05) is 0 Å². The van der Waals surface area contributed by atoms with E-state index in [9.17, 15) is 4.79 Å². The molecule has 0 bridgehead atoms. The van der Waals surface area contributed by atoms with Crippen LogP contribution in [0.3, 0.4) is 0 Å². The SMILES string of the molecule is O=c1[nH]ccnc1NC1COCC1Cl. The molecular formula is C8H10ClN3O2. The van der Waals surface area contributed by atoms with Gasteiger partial charge in [0.15, 0.2) is 5.82 Å². The number of aromatic amines is 1. The van der Waals surface area contributed by atoms with Crippen molar-refractivity contribution in [2.75, 3.05) is 18.5 Å². The van der Waals surface area contributed by atoms with Gasteiger partial charge in [-0.3, -0.25) is 4.79 Å². The van der Waals surface area contributed by atoms with Gasteiger partial charge in [0.2, 0.25) is 0 Å². The van der Waals surface area contributed by atoms with Gasteiger partial charge in [0.25, 0.3) is 5.56 Å². The lowest BCUT2D eigenvalue weighted by atomic mass is 10.2. The lowest BCUT2D eigenvalue weighted by Gasteiger charge is -2.13. The van der Waals surface area contributed by atoms with Crippen molar-refractivity contribution in [2.24, 2.45) is 0 Å². The normalized spacial score (nSPS) is 26.4. The first-order valence-corrected chi connectivity index (χ1v) is 4.73. The Balaban J connectivity index is 2.11. The number of alkyl halides is 1. The summed E-state index contributed by atoms with van der Waals surface area (Å²) in [5.41, 5.74) is -0.247. The fraction of sp³-hybridized carbons (Fsp3) is 0.500. The maximum atomic E-state index is 11.2. The minimum Gasteiger partial charge on any atom is -0.378 e. The lowest BCUT2D eigenvalue weighted by molar-refractivity contribution is 0.196. The van der Waals surface area contributed by atoms with Crippen molar-refractivity contribution >= 4 is 17.4 Å². The van der Waals surface area contributed by atoms with E-state index in [1.165, 1.54) is 12.4 Å². The third-order valence-corrected chi connectivity index (χ3v) is 2.47. The summed E-state index contributed by atoms with van der Waals surface area (Å²) < 4.78 is 5.15. The molecule has 14 heavy (non-hydrogen) atoms. The molecule has 5 nitrogen and oxygen atoms in total. The summed E-state index contributed by atoms with van der Waals surface area (Å²) in [6.45, 7) is 1.01. The zero-order valence-corrected chi connectivity index (χ0v) is 8.12. The van der Waals surface area contributed by atoms with Gasteiger partial charge in [0.05, 0.1) is 24.6 Å². The molecule has 0 aromatic carbocycles. The van der Waals surface area contributed by atoms with Crippen molar-refractivity contribution in [3.05, 3.63) is 22.7 Å². The van der Waals surface area contributed by atoms with Gasteiger partial charge < -0.3 is 15.0 Å². The van der Waals surface area contributed by atoms with Gasteiger partial charge in [-0.15, -0.1) is 11.6 Å². The highest BCUT2D eigenvalue weighted by Gasteiger charge is 2.26. The average Bonchev–Trinajstić information content (AvgIpc) is 2.56. The first-order valence-electron chi connectivity index (χ1n) is 4.29. The summed E-state index contributed by atoms with van der Waals surface area (Å²) in [5, 5.41) is 2.83. The van der Waals surface area contributed by atoms with Gasteiger partial charge in [-0.25, -0.2) is 4.98 Å². The predicted octanol–water partition coefficient (Wildman–Crippen LogP) is 0.188. The fourth-order valence-corrected chi connectivity index (χ4v) is 1.52. The zero-order chi connectivity index (χ0) is 9.97. The predicted molar refractivity (Wildman–Crippen MR) is 52.7 cm³/mol. The highest BCUT2D eigenvalue weighted by Crippen LogP contribution is 2.14. The molecule has 6 heteroatoms. The molecule has 1 saturated heterocycles. The van der Waals surface area contributed by atoms with E-state index in [0.717, 1.165) is 0 Å². The van der Waals surface area contributed by atoms with Gasteiger partial charge in [-0.1, -0.05) is 0 Å². The first kappa shape index (κ1) is 9.48. The van der Waals surface area contributed by atoms with Crippen molar-refractivity contribution in [2.45, 2.75) is 11.4 Å². The summed E-state index contributed by atoms with van der Waals surface area (Å²) in [5.74, 6) is 0.286. The molecule has 1 fully saturated rings. The van der Waals surface area contributed by atoms with Crippen LogP contribution < -0.4 is 10.9 Å². The zero-order valence-electron chi connectivity index (χ0n) is 7.37. The Hall–Kier alpha value is -1.07. The van der Waals surface area contributed by atoms with Crippen LogP contribution in [0.2, 0.25) is 0 Å². The van der Waals surface area contributed by atoms with Gasteiger partial charge >= 0.3 is 0 Å². The number of hydrogen-bond acceptors (Lipinski definition) is 4. The Morgan fingerprint density at radius 3 is 3.14 bits per heavy atom. The van der Waals surface area contributed by atoms with Crippen LogP contribution in [0.15, 0.2) is 17.2 Å². The molecule has 1 aliphatic heterocycles. The maximum absolute atomic E-state index is 11.2. The minimum atomic E-state index is -0.247. The molecule has 2 N–H and O–H groups in total. The fourth-order valence-electron chi connectivity index (χ4n) is 1.29. The minimum absolute atomic E-state index is 0.0485. The quantitative estimate of drug-likeness (QED) is 0.692. The van der Waals surface area contributed by atoms with Crippen molar-refractivity contribution in [3.8, 4) is 0 Å². The van der Waals surface area contributed by atoms with Crippen LogP contribution >= 0.6 is 11.6 Å². The smallest absolute Gasteiger partial charge is 0.290 e. The van der Waals surface area contributed by atoms with Crippen molar-refractivity contribution < 1.29 is 4.74 Å². The van der Waals surface area contributed by atoms with E-state index >= 15 is 0 Å². The van der Waals surface area contributed by atoms with Crippen molar-refractivity contribution in [1.82, 2.24) is 9.97 Å². The Labute approximate surface area is 85.5 Å².